The number of nitrogens with zero attached hydrogens (tertiary/aromatic N) is 3. The summed E-state index contributed by atoms with van der Waals surface area (Å²) in [4.78, 5) is 10.2. The Morgan fingerprint density at radius 1 is 1.26 bits per heavy atom. The van der Waals surface area contributed by atoms with Gasteiger partial charge in [0, 0.05) is 24.7 Å². The molecular formula is C12H24N6O. The van der Waals surface area contributed by atoms with Crippen LogP contribution in [0.3, 0.4) is 0 Å². The molecule has 1 rings (SSSR count). The van der Waals surface area contributed by atoms with Gasteiger partial charge in [-0.05, 0) is 27.7 Å². The van der Waals surface area contributed by atoms with Crippen LogP contribution >= 0.6 is 0 Å². The Bertz CT molecular complexity index is 388. The molecule has 0 amide bonds. The Morgan fingerprint density at radius 3 is 2.42 bits per heavy atom. The van der Waals surface area contributed by atoms with E-state index in [4.69, 9.17) is 16.3 Å². The van der Waals surface area contributed by atoms with Gasteiger partial charge in [0.2, 0.25) is 11.8 Å². The van der Waals surface area contributed by atoms with Crippen molar-refractivity contribution >= 4 is 11.8 Å². The monoisotopic (exact) mass is 268 g/mol. The number of nitrogen functional groups attached to an aromatic ring is 2. The molecular weight excluding hydrogens is 244 g/mol. The van der Waals surface area contributed by atoms with Crippen LogP contribution in [0.25, 0.3) is 0 Å². The Labute approximate surface area is 114 Å². The normalized spacial score (nSPS) is 11.4. The maximum absolute atomic E-state index is 5.59. The van der Waals surface area contributed by atoms with Crippen LogP contribution in [0.5, 0.6) is 5.88 Å². The van der Waals surface area contributed by atoms with E-state index in [1.165, 1.54) is 0 Å². The van der Waals surface area contributed by atoms with E-state index >= 15 is 0 Å². The zero-order chi connectivity index (χ0) is 14.4. The molecule has 0 bridgehead atoms. The van der Waals surface area contributed by atoms with Crippen molar-refractivity contribution in [2.75, 3.05) is 24.3 Å². The van der Waals surface area contributed by atoms with Crippen molar-refractivity contribution in [3.63, 3.8) is 0 Å². The third-order valence-electron chi connectivity index (χ3n) is 2.79. The molecule has 19 heavy (non-hydrogen) atoms. The van der Waals surface area contributed by atoms with E-state index in [1.807, 2.05) is 0 Å². The lowest BCUT2D eigenvalue weighted by Crippen LogP contribution is -2.39. The molecule has 1 aromatic heterocycles. The molecule has 5 N–H and O–H groups in total. The first-order chi connectivity index (χ1) is 8.93. The molecule has 0 unspecified atom stereocenters. The van der Waals surface area contributed by atoms with Crippen LogP contribution in [-0.4, -0.2) is 40.1 Å². The SMILES string of the molecule is CC(C)N(CCOc1cc(NN)nc(N)n1)C(C)C. The molecule has 108 valence electrons. The van der Waals surface area contributed by atoms with Crippen molar-refractivity contribution in [1.82, 2.24) is 14.9 Å². The van der Waals surface area contributed by atoms with Crippen molar-refractivity contribution in [2.45, 2.75) is 39.8 Å². The minimum atomic E-state index is 0.134. The standard InChI is InChI=1S/C12H24N6O/c1-8(2)18(9(3)4)5-6-19-11-7-10(17-14)15-12(13)16-11/h7-9H,5-6,14H2,1-4H3,(H3,13,15,16,17). The van der Waals surface area contributed by atoms with Crippen molar-refractivity contribution in [1.29, 1.82) is 0 Å². The van der Waals surface area contributed by atoms with E-state index in [1.54, 1.807) is 6.07 Å². The topological polar surface area (TPSA) is 102 Å². The van der Waals surface area contributed by atoms with Crippen LogP contribution in [0.15, 0.2) is 6.07 Å². The van der Waals surface area contributed by atoms with Gasteiger partial charge in [0.05, 0.1) is 0 Å². The summed E-state index contributed by atoms with van der Waals surface area (Å²) in [7, 11) is 0. The number of rotatable bonds is 7. The number of ether oxygens (including phenoxy) is 1. The van der Waals surface area contributed by atoms with Crippen LogP contribution < -0.4 is 21.7 Å². The van der Waals surface area contributed by atoms with Crippen molar-refractivity contribution in [2.24, 2.45) is 5.84 Å². The molecule has 0 aliphatic heterocycles. The summed E-state index contributed by atoms with van der Waals surface area (Å²) in [5.41, 5.74) is 7.98. The molecule has 0 atom stereocenters. The Kier molecular flexibility index (Phi) is 5.78. The third-order valence-corrected chi connectivity index (χ3v) is 2.79. The number of nitrogens with two attached hydrogens (primary N) is 2. The lowest BCUT2D eigenvalue weighted by molar-refractivity contribution is 0.140. The highest BCUT2D eigenvalue weighted by molar-refractivity contribution is 5.41. The summed E-state index contributed by atoms with van der Waals surface area (Å²) >= 11 is 0. The van der Waals surface area contributed by atoms with Crippen molar-refractivity contribution in [3.05, 3.63) is 6.07 Å². The summed E-state index contributed by atoms with van der Waals surface area (Å²) in [6.07, 6.45) is 0. The van der Waals surface area contributed by atoms with Gasteiger partial charge in [-0.25, -0.2) is 5.84 Å². The Balaban J connectivity index is 2.55. The van der Waals surface area contributed by atoms with E-state index in [0.29, 0.717) is 30.4 Å². The molecule has 0 aromatic carbocycles. The minimum absolute atomic E-state index is 0.134. The summed E-state index contributed by atoms with van der Waals surface area (Å²) in [5, 5.41) is 0. The molecule has 0 radical (unpaired) electrons. The largest absolute Gasteiger partial charge is 0.476 e. The maximum Gasteiger partial charge on any atom is 0.225 e. The zero-order valence-electron chi connectivity index (χ0n) is 12.1. The van der Waals surface area contributed by atoms with Gasteiger partial charge in [-0.15, -0.1) is 0 Å². The van der Waals surface area contributed by atoms with Gasteiger partial charge >= 0.3 is 0 Å². The van der Waals surface area contributed by atoms with Crippen LogP contribution in [0.1, 0.15) is 27.7 Å². The quantitative estimate of drug-likeness (QED) is 0.497. The van der Waals surface area contributed by atoms with E-state index in [-0.39, 0.29) is 5.95 Å². The summed E-state index contributed by atoms with van der Waals surface area (Å²) < 4.78 is 5.59. The predicted octanol–water partition coefficient (Wildman–Crippen LogP) is 0.842. The third kappa shape index (κ3) is 4.88. The second kappa shape index (κ2) is 7.10. The fourth-order valence-corrected chi connectivity index (χ4v) is 1.96. The summed E-state index contributed by atoms with van der Waals surface area (Å²) in [5.74, 6) is 6.28. The minimum Gasteiger partial charge on any atom is -0.476 e. The average molecular weight is 268 g/mol. The fraction of sp³-hybridized carbons (Fsp3) is 0.667. The zero-order valence-corrected chi connectivity index (χ0v) is 12.1. The molecule has 0 fully saturated rings. The van der Waals surface area contributed by atoms with E-state index in [9.17, 15) is 0 Å². The Morgan fingerprint density at radius 2 is 1.89 bits per heavy atom. The highest BCUT2D eigenvalue weighted by atomic mass is 16.5. The Hall–Kier alpha value is -1.60. The average Bonchev–Trinajstić information content (AvgIpc) is 2.32. The number of hydrogen-bond donors (Lipinski definition) is 3. The van der Waals surface area contributed by atoms with E-state index in [2.05, 4.69) is 48.0 Å². The van der Waals surface area contributed by atoms with Crippen LogP contribution in [0, 0.1) is 0 Å². The number of nitrogens with one attached hydrogen (secondary N) is 1. The number of aromatic nitrogens is 2. The lowest BCUT2D eigenvalue weighted by atomic mass is 10.2. The molecule has 0 aliphatic rings. The molecule has 0 saturated heterocycles. The second-order valence-corrected chi connectivity index (χ2v) is 4.87. The molecule has 7 nitrogen and oxygen atoms in total. The molecule has 0 aliphatic carbocycles. The fourth-order valence-electron chi connectivity index (χ4n) is 1.96. The van der Waals surface area contributed by atoms with Crippen LogP contribution in [-0.2, 0) is 0 Å². The number of hydrogen-bond acceptors (Lipinski definition) is 7. The predicted molar refractivity (Wildman–Crippen MR) is 76.7 cm³/mol. The first kappa shape index (κ1) is 15.5. The molecule has 1 heterocycles. The number of hydrazine groups is 1. The first-order valence-corrected chi connectivity index (χ1v) is 6.43. The van der Waals surface area contributed by atoms with Crippen LogP contribution in [0.2, 0.25) is 0 Å². The van der Waals surface area contributed by atoms with Gasteiger partial charge < -0.3 is 15.9 Å². The van der Waals surface area contributed by atoms with Crippen molar-refractivity contribution in [3.8, 4) is 5.88 Å². The van der Waals surface area contributed by atoms with Gasteiger partial charge in [0.25, 0.3) is 0 Å². The number of anilines is 2. The van der Waals surface area contributed by atoms with Crippen LogP contribution in [0.4, 0.5) is 11.8 Å². The second-order valence-electron chi connectivity index (χ2n) is 4.87. The summed E-state index contributed by atoms with van der Waals surface area (Å²) in [6.45, 7) is 10.0. The first-order valence-electron chi connectivity index (χ1n) is 6.43. The van der Waals surface area contributed by atoms with E-state index in [0.717, 1.165) is 6.54 Å². The lowest BCUT2D eigenvalue weighted by Gasteiger charge is -2.30. The highest BCUT2D eigenvalue weighted by Crippen LogP contribution is 2.14. The molecule has 1 aromatic rings. The maximum atomic E-state index is 5.59. The summed E-state index contributed by atoms with van der Waals surface area (Å²) in [6, 6.07) is 2.56. The van der Waals surface area contributed by atoms with Gasteiger partial charge in [0.15, 0.2) is 0 Å². The van der Waals surface area contributed by atoms with Gasteiger partial charge in [-0.2, -0.15) is 9.97 Å². The highest BCUT2D eigenvalue weighted by Gasteiger charge is 2.13. The molecule has 7 heteroatoms. The smallest absolute Gasteiger partial charge is 0.225 e. The molecule has 0 saturated carbocycles. The van der Waals surface area contributed by atoms with Crippen molar-refractivity contribution < 1.29 is 4.74 Å². The van der Waals surface area contributed by atoms with Gasteiger partial charge in [0.1, 0.15) is 12.4 Å². The van der Waals surface area contributed by atoms with Gasteiger partial charge in [-0.3, -0.25) is 4.90 Å². The van der Waals surface area contributed by atoms with E-state index < -0.39 is 0 Å². The molecule has 0 spiro atoms. The van der Waals surface area contributed by atoms with Gasteiger partial charge in [-0.1, -0.05) is 0 Å².